The van der Waals surface area contributed by atoms with Crippen LogP contribution in [0.2, 0.25) is 0 Å². The second-order valence-electron chi connectivity index (χ2n) is 3.75. The summed E-state index contributed by atoms with van der Waals surface area (Å²) in [6.07, 6.45) is 1.73. The van der Waals surface area contributed by atoms with Gasteiger partial charge in [-0.3, -0.25) is 5.10 Å². The van der Waals surface area contributed by atoms with Crippen molar-refractivity contribution in [2.24, 2.45) is 0 Å². The number of hydrogen-bond acceptors (Lipinski definition) is 3. The van der Waals surface area contributed by atoms with E-state index in [9.17, 15) is 0 Å². The lowest BCUT2D eigenvalue weighted by Crippen LogP contribution is -1.86. The van der Waals surface area contributed by atoms with Crippen LogP contribution in [-0.2, 0) is 0 Å². The molecule has 0 aliphatic heterocycles. The second-order valence-corrected chi connectivity index (χ2v) is 3.75. The molecule has 0 bridgehead atoms. The highest BCUT2D eigenvalue weighted by Gasteiger charge is 2.13. The van der Waals surface area contributed by atoms with Gasteiger partial charge in [0.05, 0.1) is 5.69 Å². The summed E-state index contributed by atoms with van der Waals surface area (Å²) >= 11 is 0. The van der Waals surface area contributed by atoms with Crippen LogP contribution in [0.25, 0.3) is 22.2 Å². The van der Waals surface area contributed by atoms with Crippen LogP contribution in [0.4, 0.5) is 5.82 Å². The summed E-state index contributed by atoms with van der Waals surface area (Å²) in [5, 5.41) is 7.99. The molecular weight excluding hydrogens is 202 g/mol. The first-order valence-electron chi connectivity index (χ1n) is 5.04. The van der Waals surface area contributed by atoms with Crippen LogP contribution in [0, 0.1) is 6.92 Å². The zero-order valence-corrected chi connectivity index (χ0v) is 8.82. The van der Waals surface area contributed by atoms with Crippen LogP contribution >= 0.6 is 0 Å². The van der Waals surface area contributed by atoms with Gasteiger partial charge in [0.25, 0.3) is 0 Å². The molecule has 3 rings (SSSR count). The summed E-state index contributed by atoms with van der Waals surface area (Å²) in [6, 6.07) is 7.89. The smallest absolute Gasteiger partial charge is 0.148 e. The van der Waals surface area contributed by atoms with Gasteiger partial charge >= 0.3 is 0 Å². The Morgan fingerprint density at radius 1 is 1.31 bits per heavy atom. The van der Waals surface area contributed by atoms with E-state index < -0.39 is 0 Å². The molecule has 0 aliphatic rings. The number of benzene rings is 1. The largest absolute Gasteiger partial charge is 0.464 e. The van der Waals surface area contributed by atoms with Crippen LogP contribution in [0.15, 0.2) is 34.9 Å². The van der Waals surface area contributed by atoms with Crippen molar-refractivity contribution < 1.29 is 4.42 Å². The van der Waals surface area contributed by atoms with E-state index in [4.69, 9.17) is 10.2 Å². The number of nitrogens with zero attached hydrogens (tertiary/aromatic N) is 1. The molecule has 0 unspecified atom stereocenters. The highest BCUT2D eigenvalue weighted by Crippen LogP contribution is 2.32. The molecule has 0 saturated heterocycles. The lowest BCUT2D eigenvalue weighted by Gasteiger charge is -1.95. The maximum atomic E-state index is 5.72. The van der Waals surface area contributed by atoms with Gasteiger partial charge in [0.2, 0.25) is 0 Å². The Bertz CT molecular complexity index is 651. The first-order valence-corrected chi connectivity index (χ1v) is 5.04. The summed E-state index contributed by atoms with van der Waals surface area (Å²) in [5.74, 6) is 0.528. The Balaban J connectivity index is 2.30. The van der Waals surface area contributed by atoms with Crippen molar-refractivity contribution in [3.63, 3.8) is 0 Å². The van der Waals surface area contributed by atoms with E-state index in [1.54, 1.807) is 6.26 Å². The van der Waals surface area contributed by atoms with E-state index >= 15 is 0 Å². The molecule has 0 atom stereocenters. The van der Waals surface area contributed by atoms with Crippen molar-refractivity contribution in [3.05, 3.63) is 36.1 Å². The minimum absolute atomic E-state index is 0.528. The van der Waals surface area contributed by atoms with Gasteiger partial charge in [0.15, 0.2) is 0 Å². The third-order valence-corrected chi connectivity index (χ3v) is 2.80. The first kappa shape index (κ1) is 9.03. The molecule has 0 amide bonds. The highest BCUT2D eigenvalue weighted by atomic mass is 16.3. The molecular formula is C12H11N3O. The van der Waals surface area contributed by atoms with E-state index in [1.165, 1.54) is 0 Å². The number of nitrogens with one attached hydrogen (secondary N) is 1. The number of aromatic amines is 1. The Kier molecular flexibility index (Phi) is 1.77. The molecule has 0 radical (unpaired) electrons. The van der Waals surface area contributed by atoms with Gasteiger partial charge in [-0.15, -0.1) is 0 Å². The zero-order valence-electron chi connectivity index (χ0n) is 8.82. The predicted octanol–water partition coefficient (Wildman–Crippen LogP) is 2.71. The quantitative estimate of drug-likeness (QED) is 0.653. The number of anilines is 1. The van der Waals surface area contributed by atoms with Gasteiger partial charge < -0.3 is 10.2 Å². The molecule has 0 aliphatic carbocycles. The van der Waals surface area contributed by atoms with Crippen molar-refractivity contribution in [1.82, 2.24) is 10.2 Å². The van der Waals surface area contributed by atoms with E-state index in [0.29, 0.717) is 5.82 Å². The average molecular weight is 213 g/mol. The van der Waals surface area contributed by atoms with Crippen LogP contribution in [0.3, 0.4) is 0 Å². The summed E-state index contributed by atoms with van der Waals surface area (Å²) in [6.45, 7) is 1.94. The average Bonchev–Trinajstić information content (AvgIpc) is 2.85. The second kappa shape index (κ2) is 3.13. The molecule has 1 aromatic carbocycles. The summed E-state index contributed by atoms with van der Waals surface area (Å²) in [4.78, 5) is 0. The van der Waals surface area contributed by atoms with Crippen LogP contribution in [0.1, 0.15) is 5.56 Å². The molecule has 16 heavy (non-hydrogen) atoms. The predicted molar refractivity (Wildman–Crippen MR) is 62.9 cm³/mol. The fraction of sp³-hybridized carbons (Fsp3) is 0.0833. The topological polar surface area (TPSA) is 67.8 Å². The summed E-state index contributed by atoms with van der Waals surface area (Å²) in [7, 11) is 0. The monoisotopic (exact) mass is 213 g/mol. The standard InChI is InChI=1S/C12H11N3O/c1-7-11(14-15-12(7)13)9-6-16-10-5-3-2-4-8(9)10/h2-6H,1H3,(H3,13,14,15). The normalized spacial score (nSPS) is 11.1. The van der Waals surface area contributed by atoms with E-state index in [-0.39, 0.29) is 0 Å². The van der Waals surface area contributed by atoms with Crippen LogP contribution < -0.4 is 5.73 Å². The number of furan rings is 1. The Morgan fingerprint density at radius 2 is 2.12 bits per heavy atom. The zero-order chi connectivity index (χ0) is 11.1. The molecule has 0 spiro atoms. The summed E-state index contributed by atoms with van der Waals surface area (Å²) in [5.41, 5.74) is 9.45. The molecule has 4 nitrogen and oxygen atoms in total. The lowest BCUT2D eigenvalue weighted by molar-refractivity contribution is 0.616. The Hall–Kier alpha value is -2.23. The molecule has 2 aromatic heterocycles. The first-order chi connectivity index (χ1) is 7.77. The van der Waals surface area contributed by atoms with Crippen molar-refractivity contribution in [2.45, 2.75) is 6.92 Å². The molecule has 3 aromatic rings. The van der Waals surface area contributed by atoms with Crippen molar-refractivity contribution in [3.8, 4) is 11.3 Å². The lowest BCUT2D eigenvalue weighted by atomic mass is 10.1. The SMILES string of the molecule is Cc1c(N)n[nH]c1-c1coc2ccccc12. The number of nitrogen functional groups attached to an aromatic ring is 1. The number of fused-ring (bicyclic) bond motifs is 1. The fourth-order valence-electron chi connectivity index (χ4n) is 1.85. The molecule has 0 fully saturated rings. The number of nitrogens with two attached hydrogens (primary N) is 1. The van der Waals surface area contributed by atoms with Crippen molar-refractivity contribution >= 4 is 16.8 Å². The van der Waals surface area contributed by atoms with Gasteiger partial charge in [0, 0.05) is 16.5 Å². The highest BCUT2D eigenvalue weighted by molar-refractivity contribution is 5.94. The maximum Gasteiger partial charge on any atom is 0.148 e. The van der Waals surface area contributed by atoms with Crippen LogP contribution in [-0.4, -0.2) is 10.2 Å². The van der Waals surface area contributed by atoms with Gasteiger partial charge in [-0.25, -0.2) is 0 Å². The maximum absolute atomic E-state index is 5.72. The number of aromatic nitrogens is 2. The molecule has 3 N–H and O–H groups in total. The third-order valence-electron chi connectivity index (χ3n) is 2.80. The van der Waals surface area contributed by atoms with Crippen molar-refractivity contribution in [2.75, 3.05) is 5.73 Å². The third kappa shape index (κ3) is 1.13. The number of H-pyrrole nitrogens is 1. The Morgan fingerprint density at radius 3 is 2.88 bits per heavy atom. The van der Waals surface area contributed by atoms with Gasteiger partial charge in [0.1, 0.15) is 17.7 Å². The summed E-state index contributed by atoms with van der Waals surface area (Å²) < 4.78 is 5.48. The molecule has 0 saturated carbocycles. The fourth-order valence-corrected chi connectivity index (χ4v) is 1.85. The minimum Gasteiger partial charge on any atom is -0.464 e. The molecule has 4 heteroatoms. The van der Waals surface area contributed by atoms with Gasteiger partial charge in [-0.1, -0.05) is 18.2 Å². The number of para-hydroxylation sites is 1. The van der Waals surface area contributed by atoms with E-state index in [0.717, 1.165) is 27.8 Å². The number of rotatable bonds is 1. The molecule has 2 heterocycles. The van der Waals surface area contributed by atoms with Crippen molar-refractivity contribution in [1.29, 1.82) is 0 Å². The van der Waals surface area contributed by atoms with Gasteiger partial charge in [-0.05, 0) is 13.0 Å². The van der Waals surface area contributed by atoms with Gasteiger partial charge in [-0.2, -0.15) is 5.10 Å². The molecule has 80 valence electrons. The number of hydrogen-bond donors (Lipinski definition) is 2. The van der Waals surface area contributed by atoms with E-state index in [1.807, 2.05) is 31.2 Å². The van der Waals surface area contributed by atoms with Crippen LogP contribution in [0.5, 0.6) is 0 Å². The minimum atomic E-state index is 0.528. The van der Waals surface area contributed by atoms with E-state index in [2.05, 4.69) is 10.2 Å². The Labute approximate surface area is 92.1 Å².